The van der Waals surface area contributed by atoms with E-state index in [9.17, 15) is 16.8 Å². The lowest BCUT2D eigenvalue weighted by molar-refractivity contribution is 0.601. The van der Waals surface area contributed by atoms with E-state index in [0.717, 1.165) is 6.26 Å². The van der Waals surface area contributed by atoms with E-state index in [1.165, 1.54) is 36.4 Å². The van der Waals surface area contributed by atoms with Crippen LogP contribution in [-0.2, 0) is 20.0 Å². The van der Waals surface area contributed by atoms with E-state index in [2.05, 4.69) is 9.44 Å². The molecular formula is C13H13ClN2O4S2. The largest absolute Gasteiger partial charge is 0.284 e. The summed E-state index contributed by atoms with van der Waals surface area (Å²) in [6.45, 7) is 0. The lowest BCUT2D eigenvalue weighted by Gasteiger charge is -2.11. The molecule has 0 amide bonds. The van der Waals surface area contributed by atoms with Crippen molar-refractivity contribution in [3.63, 3.8) is 0 Å². The van der Waals surface area contributed by atoms with Gasteiger partial charge in [0.15, 0.2) is 0 Å². The standard InChI is InChI=1S/C13H13ClN2O4S2/c1-21(17,18)15-10-5-4-6-11(9-10)16-22(19,20)13-8-3-2-7-12(13)14/h2-9,15-16H,1H3. The average molecular weight is 361 g/mol. The van der Waals surface area contributed by atoms with Crippen LogP contribution in [-0.4, -0.2) is 23.1 Å². The fourth-order valence-electron chi connectivity index (χ4n) is 1.73. The van der Waals surface area contributed by atoms with E-state index in [0.29, 0.717) is 0 Å². The van der Waals surface area contributed by atoms with Crippen molar-refractivity contribution in [3.8, 4) is 0 Å². The minimum Gasteiger partial charge on any atom is -0.284 e. The molecule has 0 aliphatic rings. The number of hydrogen-bond acceptors (Lipinski definition) is 4. The van der Waals surface area contributed by atoms with Gasteiger partial charge in [0.1, 0.15) is 4.90 Å². The quantitative estimate of drug-likeness (QED) is 0.856. The van der Waals surface area contributed by atoms with E-state index in [4.69, 9.17) is 11.6 Å². The highest BCUT2D eigenvalue weighted by Gasteiger charge is 2.17. The zero-order chi connectivity index (χ0) is 16.4. The highest BCUT2D eigenvalue weighted by molar-refractivity contribution is 7.93. The third kappa shape index (κ3) is 4.36. The summed E-state index contributed by atoms with van der Waals surface area (Å²) in [7, 11) is -7.31. The van der Waals surface area contributed by atoms with Gasteiger partial charge >= 0.3 is 0 Å². The molecule has 9 heteroatoms. The van der Waals surface area contributed by atoms with Gasteiger partial charge in [-0.3, -0.25) is 9.44 Å². The fraction of sp³-hybridized carbons (Fsp3) is 0.0769. The molecule has 22 heavy (non-hydrogen) atoms. The second kappa shape index (κ2) is 6.15. The first kappa shape index (κ1) is 16.6. The summed E-state index contributed by atoms with van der Waals surface area (Å²) >= 11 is 5.88. The molecule has 118 valence electrons. The molecule has 0 atom stereocenters. The van der Waals surface area contributed by atoms with Crippen molar-refractivity contribution in [3.05, 3.63) is 53.6 Å². The smallest absolute Gasteiger partial charge is 0.263 e. The first-order valence-electron chi connectivity index (χ1n) is 6.02. The van der Waals surface area contributed by atoms with Gasteiger partial charge in [0.05, 0.1) is 22.7 Å². The first-order valence-corrected chi connectivity index (χ1v) is 9.78. The molecule has 0 aliphatic heterocycles. The van der Waals surface area contributed by atoms with Gasteiger partial charge in [-0.15, -0.1) is 0 Å². The Bertz CT molecular complexity index is 896. The van der Waals surface area contributed by atoms with Crippen molar-refractivity contribution in [1.29, 1.82) is 0 Å². The van der Waals surface area contributed by atoms with Crippen molar-refractivity contribution >= 4 is 43.0 Å². The second-order valence-electron chi connectivity index (χ2n) is 4.49. The second-order valence-corrected chi connectivity index (χ2v) is 8.30. The topological polar surface area (TPSA) is 92.3 Å². The summed E-state index contributed by atoms with van der Waals surface area (Å²) in [4.78, 5) is -0.0573. The number of rotatable bonds is 5. The van der Waals surface area contributed by atoms with Crippen molar-refractivity contribution in [1.82, 2.24) is 0 Å². The highest BCUT2D eigenvalue weighted by atomic mass is 35.5. The number of hydrogen-bond donors (Lipinski definition) is 2. The van der Waals surface area contributed by atoms with Crippen LogP contribution in [0, 0.1) is 0 Å². The molecule has 2 rings (SSSR count). The van der Waals surface area contributed by atoms with E-state index in [-0.39, 0.29) is 21.3 Å². The molecule has 0 radical (unpaired) electrons. The Labute approximate surface area is 134 Å². The molecular weight excluding hydrogens is 348 g/mol. The third-order valence-electron chi connectivity index (χ3n) is 2.54. The Balaban J connectivity index is 2.31. The molecule has 0 aromatic heterocycles. The zero-order valence-corrected chi connectivity index (χ0v) is 13.8. The molecule has 0 fully saturated rings. The lowest BCUT2D eigenvalue weighted by Crippen LogP contribution is -2.14. The molecule has 0 unspecified atom stereocenters. The van der Waals surface area contributed by atoms with Gasteiger partial charge in [-0.05, 0) is 30.3 Å². The number of anilines is 2. The van der Waals surface area contributed by atoms with Crippen LogP contribution in [0.5, 0.6) is 0 Å². The Hall–Kier alpha value is -1.77. The first-order chi connectivity index (χ1) is 10.2. The maximum Gasteiger partial charge on any atom is 0.263 e. The summed E-state index contributed by atoms with van der Waals surface area (Å²) in [5.41, 5.74) is 0.468. The summed E-state index contributed by atoms with van der Waals surface area (Å²) < 4.78 is 51.6. The summed E-state index contributed by atoms with van der Waals surface area (Å²) in [5, 5.41) is 0.0976. The number of sulfonamides is 2. The summed E-state index contributed by atoms with van der Waals surface area (Å²) in [5.74, 6) is 0. The maximum absolute atomic E-state index is 12.3. The molecule has 0 saturated carbocycles. The maximum atomic E-state index is 12.3. The van der Waals surface area contributed by atoms with Crippen LogP contribution in [0.3, 0.4) is 0 Å². The van der Waals surface area contributed by atoms with Gasteiger partial charge in [-0.25, -0.2) is 16.8 Å². The van der Waals surface area contributed by atoms with E-state index in [1.54, 1.807) is 12.1 Å². The molecule has 0 saturated heterocycles. The van der Waals surface area contributed by atoms with Crippen molar-refractivity contribution in [2.75, 3.05) is 15.7 Å². The number of nitrogens with one attached hydrogen (secondary N) is 2. The molecule has 2 N–H and O–H groups in total. The molecule has 0 bridgehead atoms. The Morgan fingerprint density at radius 1 is 0.864 bits per heavy atom. The number of benzene rings is 2. The number of halogens is 1. The predicted molar refractivity (Wildman–Crippen MR) is 87.2 cm³/mol. The SMILES string of the molecule is CS(=O)(=O)Nc1cccc(NS(=O)(=O)c2ccccc2Cl)c1. The normalized spacial score (nSPS) is 11.9. The van der Waals surface area contributed by atoms with Gasteiger partial charge < -0.3 is 0 Å². The van der Waals surface area contributed by atoms with Gasteiger partial charge in [0.2, 0.25) is 10.0 Å². The zero-order valence-electron chi connectivity index (χ0n) is 11.4. The van der Waals surface area contributed by atoms with Crippen LogP contribution in [0.4, 0.5) is 11.4 Å². The average Bonchev–Trinajstić information content (AvgIpc) is 2.36. The minimum absolute atomic E-state index is 0.0573. The Kier molecular flexibility index (Phi) is 4.64. The third-order valence-corrected chi connectivity index (χ3v) is 5.03. The minimum atomic E-state index is -3.86. The van der Waals surface area contributed by atoms with Crippen LogP contribution < -0.4 is 9.44 Å². The van der Waals surface area contributed by atoms with Crippen molar-refractivity contribution < 1.29 is 16.8 Å². The Morgan fingerprint density at radius 2 is 1.45 bits per heavy atom. The van der Waals surface area contributed by atoms with Crippen molar-refractivity contribution in [2.24, 2.45) is 0 Å². The van der Waals surface area contributed by atoms with Gasteiger partial charge in [0, 0.05) is 0 Å². The monoisotopic (exact) mass is 360 g/mol. The lowest BCUT2D eigenvalue weighted by atomic mass is 10.3. The van der Waals surface area contributed by atoms with Crippen LogP contribution >= 0.6 is 11.6 Å². The van der Waals surface area contributed by atoms with Crippen LogP contribution in [0.25, 0.3) is 0 Å². The van der Waals surface area contributed by atoms with E-state index < -0.39 is 20.0 Å². The molecule has 0 spiro atoms. The van der Waals surface area contributed by atoms with Crippen LogP contribution in [0.2, 0.25) is 5.02 Å². The molecule has 0 aliphatic carbocycles. The summed E-state index contributed by atoms with van der Waals surface area (Å²) in [6, 6.07) is 11.9. The van der Waals surface area contributed by atoms with Gasteiger partial charge in [-0.2, -0.15) is 0 Å². The predicted octanol–water partition coefficient (Wildman–Crippen LogP) is 2.51. The van der Waals surface area contributed by atoms with Crippen LogP contribution in [0.1, 0.15) is 0 Å². The van der Waals surface area contributed by atoms with Gasteiger partial charge in [-0.1, -0.05) is 29.8 Å². The van der Waals surface area contributed by atoms with E-state index >= 15 is 0 Å². The summed E-state index contributed by atoms with van der Waals surface area (Å²) in [6.07, 6.45) is 1.01. The highest BCUT2D eigenvalue weighted by Crippen LogP contribution is 2.24. The van der Waals surface area contributed by atoms with Crippen molar-refractivity contribution in [2.45, 2.75) is 4.90 Å². The fourth-order valence-corrected chi connectivity index (χ4v) is 3.86. The molecule has 2 aromatic rings. The molecule has 2 aromatic carbocycles. The van der Waals surface area contributed by atoms with E-state index in [1.807, 2.05) is 0 Å². The van der Waals surface area contributed by atoms with Crippen LogP contribution in [0.15, 0.2) is 53.4 Å². The molecule has 0 heterocycles. The molecule has 6 nitrogen and oxygen atoms in total. The Morgan fingerprint density at radius 3 is 2.05 bits per heavy atom. The van der Waals surface area contributed by atoms with Gasteiger partial charge in [0.25, 0.3) is 10.0 Å².